The number of hydrogen-bond donors (Lipinski definition) is 1. The van der Waals surface area contributed by atoms with Crippen LogP contribution in [0, 0.1) is 23.5 Å². The second-order valence-electron chi connectivity index (χ2n) is 5.56. The monoisotopic (exact) mass is 253 g/mol. The molecule has 0 aliphatic heterocycles. The van der Waals surface area contributed by atoms with E-state index in [0.29, 0.717) is 11.5 Å². The van der Waals surface area contributed by atoms with Crippen molar-refractivity contribution in [2.24, 2.45) is 11.8 Å². The summed E-state index contributed by atoms with van der Waals surface area (Å²) in [5.74, 6) is -0.00925. The van der Waals surface area contributed by atoms with Crippen molar-refractivity contribution in [2.75, 3.05) is 6.54 Å². The summed E-state index contributed by atoms with van der Waals surface area (Å²) < 4.78 is 26.7. The number of rotatable bonds is 4. The Morgan fingerprint density at radius 2 is 2.11 bits per heavy atom. The highest BCUT2D eigenvalue weighted by Gasteiger charge is 2.22. The van der Waals surface area contributed by atoms with E-state index in [-0.39, 0.29) is 6.04 Å². The molecule has 2 rings (SSSR count). The van der Waals surface area contributed by atoms with E-state index in [1.165, 1.54) is 19.3 Å². The lowest BCUT2D eigenvalue weighted by molar-refractivity contribution is 0.424. The molecule has 0 radical (unpaired) electrons. The lowest BCUT2D eigenvalue weighted by Gasteiger charge is -2.18. The van der Waals surface area contributed by atoms with Crippen LogP contribution in [0.5, 0.6) is 0 Å². The Balaban J connectivity index is 1.91. The second kappa shape index (κ2) is 5.79. The van der Waals surface area contributed by atoms with Crippen molar-refractivity contribution >= 4 is 0 Å². The predicted octanol–water partition coefficient (Wildman–Crippen LogP) is 4.05. The average Bonchev–Trinajstić information content (AvgIpc) is 2.76. The minimum absolute atomic E-state index is 0.142. The molecule has 18 heavy (non-hydrogen) atoms. The number of hydrogen-bond acceptors (Lipinski definition) is 1. The summed E-state index contributed by atoms with van der Waals surface area (Å²) in [7, 11) is 0. The molecule has 1 nitrogen and oxygen atoms in total. The highest BCUT2D eigenvalue weighted by atomic mass is 19.2. The maximum atomic E-state index is 13.6. The first-order chi connectivity index (χ1) is 8.58. The van der Waals surface area contributed by atoms with Crippen LogP contribution >= 0.6 is 0 Å². The van der Waals surface area contributed by atoms with Crippen LogP contribution < -0.4 is 5.32 Å². The van der Waals surface area contributed by atoms with E-state index >= 15 is 0 Å². The Bertz CT molecular complexity index is 405. The predicted molar refractivity (Wildman–Crippen MR) is 69.3 cm³/mol. The largest absolute Gasteiger partial charge is 0.310 e. The van der Waals surface area contributed by atoms with Gasteiger partial charge < -0.3 is 5.32 Å². The quantitative estimate of drug-likeness (QED) is 0.853. The van der Waals surface area contributed by atoms with Crippen molar-refractivity contribution in [1.29, 1.82) is 0 Å². The van der Waals surface area contributed by atoms with E-state index < -0.39 is 11.6 Å². The molecule has 0 aromatic heterocycles. The molecule has 0 heterocycles. The Kier molecular flexibility index (Phi) is 4.33. The van der Waals surface area contributed by atoms with E-state index in [9.17, 15) is 8.78 Å². The third-order valence-corrected chi connectivity index (χ3v) is 3.96. The van der Waals surface area contributed by atoms with Crippen LogP contribution in [0.1, 0.15) is 44.7 Å². The van der Waals surface area contributed by atoms with Crippen molar-refractivity contribution in [3.8, 4) is 0 Å². The summed E-state index contributed by atoms with van der Waals surface area (Å²) in [6, 6.07) is 4.22. The van der Waals surface area contributed by atoms with E-state index in [1.54, 1.807) is 12.1 Å². The lowest BCUT2D eigenvalue weighted by atomic mass is 10.0. The Morgan fingerprint density at radius 1 is 1.33 bits per heavy atom. The van der Waals surface area contributed by atoms with Gasteiger partial charge in [0.2, 0.25) is 0 Å². The zero-order valence-electron chi connectivity index (χ0n) is 11.0. The summed E-state index contributed by atoms with van der Waals surface area (Å²) in [5.41, 5.74) is 0.418. The minimum atomic E-state index is -0.768. The van der Waals surface area contributed by atoms with Crippen molar-refractivity contribution in [3.05, 3.63) is 35.4 Å². The Hall–Kier alpha value is -0.960. The fourth-order valence-electron chi connectivity index (χ4n) is 2.82. The van der Waals surface area contributed by atoms with Crippen LogP contribution in [0.25, 0.3) is 0 Å². The van der Waals surface area contributed by atoms with Crippen molar-refractivity contribution in [1.82, 2.24) is 5.32 Å². The molecule has 1 N–H and O–H groups in total. The zero-order valence-corrected chi connectivity index (χ0v) is 11.0. The maximum Gasteiger partial charge on any atom is 0.163 e. The smallest absolute Gasteiger partial charge is 0.163 e. The van der Waals surface area contributed by atoms with Gasteiger partial charge in [0, 0.05) is 11.6 Å². The number of halogens is 2. The average molecular weight is 253 g/mol. The van der Waals surface area contributed by atoms with Gasteiger partial charge in [-0.25, -0.2) is 8.78 Å². The molecule has 1 aromatic rings. The van der Waals surface area contributed by atoms with Crippen LogP contribution in [0.2, 0.25) is 0 Å². The molecule has 3 atom stereocenters. The van der Waals surface area contributed by atoms with Crippen molar-refractivity contribution in [3.63, 3.8) is 0 Å². The molecular formula is C15H21F2N. The molecule has 1 aliphatic carbocycles. The fourth-order valence-corrected chi connectivity index (χ4v) is 2.82. The third kappa shape index (κ3) is 3.08. The van der Waals surface area contributed by atoms with Gasteiger partial charge in [0.1, 0.15) is 0 Å². The third-order valence-electron chi connectivity index (χ3n) is 3.96. The normalized spacial score (nSPS) is 25.3. The van der Waals surface area contributed by atoms with Crippen LogP contribution in [0.4, 0.5) is 8.78 Å². The van der Waals surface area contributed by atoms with Crippen LogP contribution in [-0.2, 0) is 0 Å². The molecule has 3 heteroatoms. The van der Waals surface area contributed by atoms with Gasteiger partial charge in [0.05, 0.1) is 0 Å². The molecular weight excluding hydrogens is 232 g/mol. The molecule has 0 bridgehead atoms. The molecule has 1 aliphatic rings. The Labute approximate surface area is 108 Å². The van der Waals surface area contributed by atoms with Crippen molar-refractivity contribution in [2.45, 2.75) is 39.2 Å². The SMILES string of the molecule is CC1CCC(CNC(C)c2cccc(F)c2F)C1. The first kappa shape index (κ1) is 13.5. The molecule has 1 saturated carbocycles. The van der Waals surface area contributed by atoms with Crippen molar-refractivity contribution < 1.29 is 8.78 Å². The number of benzene rings is 1. The van der Waals surface area contributed by atoms with E-state index in [0.717, 1.165) is 18.5 Å². The maximum absolute atomic E-state index is 13.6. The van der Waals surface area contributed by atoms with Gasteiger partial charge >= 0.3 is 0 Å². The van der Waals surface area contributed by atoms with Crippen LogP contribution in [0.3, 0.4) is 0 Å². The zero-order chi connectivity index (χ0) is 13.1. The van der Waals surface area contributed by atoms with E-state index in [2.05, 4.69) is 12.2 Å². The highest BCUT2D eigenvalue weighted by Crippen LogP contribution is 2.30. The second-order valence-corrected chi connectivity index (χ2v) is 5.56. The van der Waals surface area contributed by atoms with Gasteiger partial charge in [0.15, 0.2) is 11.6 Å². The fraction of sp³-hybridized carbons (Fsp3) is 0.600. The van der Waals surface area contributed by atoms with Gasteiger partial charge in [-0.3, -0.25) is 0 Å². The lowest BCUT2D eigenvalue weighted by Crippen LogP contribution is -2.25. The van der Waals surface area contributed by atoms with Gasteiger partial charge in [-0.2, -0.15) is 0 Å². The van der Waals surface area contributed by atoms with Gasteiger partial charge in [0.25, 0.3) is 0 Å². The number of nitrogens with one attached hydrogen (secondary N) is 1. The van der Waals surface area contributed by atoms with Gasteiger partial charge in [-0.1, -0.05) is 25.5 Å². The summed E-state index contributed by atoms with van der Waals surface area (Å²) in [5, 5.41) is 3.32. The minimum Gasteiger partial charge on any atom is -0.310 e. The van der Waals surface area contributed by atoms with Gasteiger partial charge in [-0.15, -0.1) is 0 Å². The molecule has 0 saturated heterocycles. The van der Waals surface area contributed by atoms with Gasteiger partial charge in [-0.05, 0) is 44.2 Å². The molecule has 1 aromatic carbocycles. The molecule has 100 valence electrons. The first-order valence-electron chi connectivity index (χ1n) is 6.75. The summed E-state index contributed by atoms with van der Waals surface area (Å²) >= 11 is 0. The molecule has 0 spiro atoms. The van der Waals surface area contributed by atoms with E-state index in [1.807, 2.05) is 6.92 Å². The van der Waals surface area contributed by atoms with Crippen LogP contribution in [0.15, 0.2) is 18.2 Å². The summed E-state index contributed by atoms with van der Waals surface area (Å²) in [6.07, 6.45) is 3.77. The standard InChI is InChI=1S/C15H21F2N/c1-10-6-7-12(8-10)9-18-11(2)13-4-3-5-14(16)15(13)17/h3-5,10-12,18H,6-9H2,1-2H3. The summed E-state index contributed by atoms with van der Waals surface area (Å²) in [4.78, 5) is 0. The highest BCUT2D eigenvalue weighted by molar-refractivity contribution is 5.21. The summed E-state index contributed by atoms with van der Waals surface area (Å²) in [6.45, 7) is 5.05. The van der Waals surface area contributed by atoms with Crippen LogP contribution in [-0.4, -0.2) is 6.54 Å². The van der Waals surface area contributed by atoms with E-state index in [4.69, 9.17) is 0 Å². The molecule has 0 amide bonds. The molecule has 1 fully saturated rings. The Morgan fingerprint density at radius 3 is 2.78 bits per heavy atom. The molecule has 3 unspecified atom stereocenters. The first-order valence-corrected chi connectivity index (χ1v) is 6.75. The topological polar surface area (TPSA) is 12.0 Å².